The van der Waals surface area contributed by atoms with Crippen LogP contribution in [-0.2, 0) is 32.5 Å². The SMILES string of the molecule is CC(C)(C)c1ccc(N2c3cc4c(cc3B3c5c2cc2ccccc2c5-c2cc(C(C)(C)C)cc5c2N3C2(C)CCCCC52C)-c2cc3c(cc2C4(C)C)C(C)(C)CCC3(C)C)c(-c2ccccc2)c1. The average Bonchev–Trinajstić information content (AvgIpc) is 3.66. The smallest absolute Gasteiger partial charge is 0.328 e. The second kappa shape index (κ2) is 13.9. The summed E-state index contributed by atoms with van der Waals surface area (Å²) in [4.78, 5) is 5.80. The monoisotopic (exact) mass is 917 g/mol. The molecule has 1 fully saturated rings. The van der Waals surface area contributed by atoms with Crippen LogP contribution in [0.25, 0.3) is 44.2 Å². The summed E-state index contributed by atoms with van der Waals surface area (Å²) in [5.74, 6) is 0. The molecule has 70 heavy (non-hydrogen) atoms. The van der Waals surface area contributed by atoms with E-state index >= 15 is 0 Å². The van der Waals surface area contributed by atoms with Crippen LogP contribution in [-0.4, -0.2) is 12.4 Å². The van der Waals surface area contributed by atoms with Crippen LogP contribution in [0.4, 0.5) is 22.7 Å². The van der Waals surface area contributed by atoms with E-state index in [9.17, 15) is 0 Å². The maximum atomic E-state index is 3.05. The number of fused-ring (bicyclic) bond motifs is 13. The Morgan fingerprint density at radius 3 is 1.83 bits per heavy atom. The van der Waals surface area contributed by atoms with E-state index in [0.29, 0.717) is 0 Å². The van der Waals surface area contributed by atoms with E-state index in [-0.39, 0.29) is 44.9 Å². The van der Waals surface area contributed by atoms with E-state index in [1.165, 1.54) is 139 Å². The Hall–Kier alpha value is -5.54. The van der Waals surface area contributed by atoms with Gasteiger partial charge in [-0.2, -0.15) is 0 Å². The van der Waals surface area contributed by atoms with Crippen LogP contribution in [0.15, 0.2) is 115 Å². The van der Waals surface area contributed by atoms with Gasteiger partial charge < -0.3 is 9.71 Å². The van der Waals surface area contributed by atoms with Crippen LogP contribution in [0.5, 0.6) is 0 Å². The summed E-state index contributed by atoms with van der Waals surface area (Å²) in [6.07, 6.45) is 7.34. The molecule has 13 rings (SSSR count). The van der Waals surface area contributed by atoms with Crippen molar-refractivity contribution in [3.63, 3.8) is 0 Å². The summed E-state index contributed by atoms with van der Waals surface area (Å²) in [5.41, 5.74) is 26.9. The van der Waals surface area contributed by atoms with Crippen molar-refractivity contribution in [1.29, 1.82) is 0 Å². The average molecular weight is 917 g/mol. The first-order valence-corrected chi connectivity index (χ1v) is 26.9. The van der Waals surface area contributed by atoms with Crippen LogP contribution in [0.3, 0.4) is 0 Å². The lowest BCUT2D eigenvalue weighted by molar-refractivity contribution is 0.199. The van der Waals surface area contributed by atoms with Gasteiger partial charge in [0.05, 0.1) is 5.69 Å². The van der Waals surface area contributed by atoms with E-state index in [0.717, 1.165) is 0 Å². The first-order valence-electron chi connectivity index (χ1n) is 26.9. The lowest BCUT2D eigenvalue weighted by Gasteiger charge is -2.55. The predicted molar refractivity (Wildman–Crippen MR) is 301 cm³/mol. The minimum absolute atomic E-state index is 0.00205. The van der Waals surface area contributed by atoms with E-state index in [2.05, 4.69) is 222 Å². The lowest BCUT2D eigenvalue weighted by Crippen LogP contribution is -2.70. The van der Waals surface area contributed by atoms with Crippen LogP contribution in [0.2, 0.25) is 0 Å². The molecule has 0 aromatic heterocycles. The molecule has 0 amide bonds. The Bertz CT molecular complexity index is 3430. The van der Waals surface area contributed by atoms with Crippen LogP contribution < -0.4 is 20.6 Å². The molecule has 2 unspecified atom stereocenters. The van der Waals surface area contributed by atoms with Gasteiger partial charge in [0.15, 0.2) is 0 Å². The second-order valence-corrected chi connectivity index (χ2v) is 27.1. The summed E-state index contributed by atoms with van der Waals surface area (Å²) in [6, 6.07) is 46.7. The molecule has 0 spiro atoms. The Labute approximate surface area is 420 Å². The molecule has 0 saturated heterocycles. The molecule has 3 aliphatic carbocycles. The van der Waals surface area contributed by atoms with Crippen molar-refractivity contribution < 1.29 is 0 Å². The Morgan fingerprint density at radius 2 is 1.11 bits per heavy atom. The van der Waals surface area contributed by atoms with Crippen molar-refractivity contribution in [2.75, 3.05) is 9.71 Å². The molecular weight excluding hydrogens is 844 g/mol. The number of rotatable bonds is 2. The standard InChI is InChI=1S/C67H73BN2/c1-61(2,3)42-26-27-55(45(33-42)40-22-16-15-17-23-40)69-56-39-50-47(46-36-51-52(38-49(46)65(50,11)12)64(9,10)31-30-63(51,7)8)37-54(56)68-59-57(69)32-41-24-18-19-25-44(41)58(59)48-34-43(62(4,5)6)35-53-60(48)70(68)67(14)29-21-20-28-66(53,67)13/h15-19,22-27,32-39H,20-21,28-31H2,1-14H3. The van der Waals surface area contributed by atoms with Gasteiger partial charge in [-0.25, -0.2) is 0 Å². The summed E-state index contributed by atoms with van der Waals surface area (Å²) >= 11 is 0. The number of nitrogens with zero attached hydrogens (tertiary/aromatic N) is 2. The second-order valence-electron chi connectivity index (χ2n) is 27.1. The fourth-order valence-electron chi connectivity index (χ4n) is 15.1. The van der Waals surface area contributed by atoms with Gasteiger partial charge in [0.2, 0.25) is 0 Å². The highest BCUT2D eigenvalue weighted by atomic mass is 15.2. The molecule has 2 nitrogen and oxygen atoms in total. The molecule has 3 heteroatoms. The maximum Gasteiger partial charge on any atom is 0.328 e. The minimum atomic E-state index is -0.192. The zero-order valence-electron chi connectivity index (χ0n) is 44.7. The van der Waals surface area contributed by atoms with Gasteiger partial charge >= 0.3 is 6.85 Å². The van der Waals surface area contributed by atoms with Gasteiger partial charge in [-0.05, 0) is 174 Å². The molecule has 3 aliphatic heterocycles. The largest absolute Gasteiger partial charge is 0.400 e. The van der Waals surface area contributed by atoms with Crippen molar-refractivity contribution in [3.8, 4) is 33.4 Å². The van der Waals surface area contributed by atoms with Crippen molar-refractivity contribution in [2.24, 2.45) is 0 Å². The summed E-state index contributed by atoms with van der Waals surface area (Å²) in [5, 5.41) is 2.67. The third-order valence-corrected chi connectivity index (χ3v) is 19.7. The first kappa shape index (κ1) is 44.4. The fraction of sp³-hybridized carbons (Fsp3) is 0.403. The number of hydrogen-bond donors (Lipinski definition) is 0. The van der Waals surface area contributed by atoms with Gasteiger partial charge in [-0.15, -0.1) is 0 Å². The van der Waals surface area contributed by atoms with Gasteiger partial charge in [0.25, 0.3) is 0 Å². The quantitative estimate of drug-likeness (QED) is 0.159. The van der Waals surface area contributed by atoms with E-state index in [1.807, 2.05) is 0 Å². The zero-order valence-corrected chi connectivity index (χ0v) is 44.7. The summed E-state index contributed by atoms with van der Waals surface area (Å²) < 4.78 is 0. The highest BCUT2D eigenvalue weighted by Crippen LogP contribution is 2.65. The molecule has 6 aliphatic rings. The number of hydrogen-bond acceptors (Lipinski definition) is 2. The highest BCUT2D eigenvalue weighted by Gasteiger charge is 2.63. The molecule has 2 atom stereocenters. The van der Waals surface area contributed by atoms with E-state index in [1.54, 1.807) is 16.7 Å². The Balaban J connectivity index is 1.20. The topological polar surface area (TPSA) is 6.48 Å². The zero-order chi connectivity index (χ0) is 49.0. The minimum Gasteiger partial charge on any atom is -0.400 e. The fourth-order valence-corrected chi connectivity index (χ4v) is 15.1. The van der Waals surface area contributed by atoms with E-state index in [4.69, 9.17) is 0 Å². The summed E-state index contributed by atoms with van der Waals surface area (Å²) in [6.45, 7) is 34.7. The van der Waals surface area contributed by atoms with Crippen molar-refractivity contribution >= 4 is 51.3 Å². The van der Waals surface area contributed by atoms with Crippen LogP contribution >= 0.6 is 0 Å². The number of benzene rings is 7. The molecule has 1 saturated carbocycles. The molecule has 7 aromatic carbocycles. The molecule has 0 bridgehead atoms. The number of anilines is 4. The third-order valence-electron chi connectivity index (χ3n) is 19.7. The Morgan fingerprint density at radius 1 is 0.486 bits per heavy atom. The summed E-state index contributed by atoms with van der Waals surface area (Å²) in [7, 11) is 0. The molecular formula is C67H73BN2. The predicted octanol–water partition coefficient (Wildman–Crippen LogP) is 16.7. The van der Waals surface area contributed by atoms with Crippen LogP contribution in [0.1, 0.15) is 174 Å². The van der Waals surface area contributed by atoms with E-state index < -0.39 is 0 Å². The van der Waals surface area contributed by atoms with Gasteiger partial charge in [-0.3, -0.25) is 0 Å². The highest BCUT2D eigenvalue weighted by molar-refractivity contribution is 6.93. The Kier molecular flexibility index (Phi) is 8.82. The third kappa shape index (κ3) is 5.70. The molecule has 354 valence electrons. The normalized spacial score (nSPS) is 22.7. The molecule has 3 heterocycles. The van der Waals surface area contributed by atoms with Gasteiger partial charge in [0.1, 0.15) is 0 Å². The molecule has 7 aromatic rings. The van der Waals surface area contributed by atoms with Crippen molar-refractivity contribution in [2.45, 2.75) is 173 Å². The van der Waals surface area contributed by atoms with Gasteiger partial charge in [0, 0.05) is 44.6 Å². The molecule has 0 N–H and O–H groups in total. The first-order chi connectivity index (χ1) is 33.0. The maximum absolute atomic E-state index is 3.05. The van der Waals surface area contributed by atoms with Crippen molar-refractivity contribution in [3.05, 3.63) is 154 Å². The van der Waals surface area contributed by atoms with Crippen molar-refractivity contribution in [1.82, 2.24) is 0 Å². The molecule has 0 radical (unpaired) electrons. The lowest BCUT2D eigenvalue weighted by atomic mass is 9.41. The van der Waals surface area contributed by atoms with Gasteiger partial charge in [-0.1, -0.05) is 182 Å². The van der Waals surface area contributed by atoms with Crippen LogP contribution in [0, 0.1) is 0 Å².